The molecule has 0 saturated heterocycles. The van der Waals surface area contributed by atoms with Crippen LogP contribution >= 0.6 is 0 Å². The minimum atomic E-state index is -0.454. The van der Waals surface area contributed by atoms with Crippen LogP contribution in [0.3, 0.4) is 0 Å². The number of anilines is 1. The molecule has 0 spiro atoms. The molecule has 0 atom stereocenters. The highest BCUT2D eigenvalue weighted by Crippen LogP contribution is 2.18. The largest absolute Gasteiger partial charge is 0.366 e. The number of nitrogens with one attached hydrogen (secondary N) is 2. The molecule has 0 amide bonds. The van der Waals surface area contributed by atoms with Gasteiger partial charge in [-0.2, -0.15) is 5.10 Å². The van der Waals surface area contributed by atoms with Crippen molar-refractivity contribution in [3.05, 3.63) is 45.4 Å². The van der Waals surface area contributed by atoms with E-state index < -0.39 is 4.92 Å². The molecule has 0 bridgehead atoms. The van der Waals surface area contributed by atoms with Gasteiger partial charge in [0.15, 0.2) is 0 Å². The van der Waals surface area contributed by atoms with E-state index in [2.05, 4.69) is 20.5 Å². The van der Waals surface area contributed by atoms with Crippen LogP contribution in [0, 0.1) is 24.0 Å². The van der Waals surface area contributed by atoms with Crippen LogP contribution in [0.1, 0.15) is 16.8 Å². The number of aromatic amines is 1. The Balaban J connectivity index is 2.11. The van der Waals surface area contributed by atoms with Crippen molar-refractivity contribution >= 4 is 11.5 Å². The molecule has 0 radical (unpaired) electrons. The predicted molar refractivity (Wildman–Crippen MR) is 66.3 cm³/mol. The second kappa shape index (κ2) is 4.82. The van der Waals surface area contributed by atoms with Gasteiger partial charge in [-0.15, -0.1) is 0 Å². The maximum absolute atomic E-state index is 10.6. The fourth-order valence-electron chi connectivity index (χ4n) is 1.58. The average Bonchev–Trinajstić information content (AvgIpc) is 2.73. The van der Waals surface area contributed by atoms with Crippen molar-refractivity contribution in [3.63, 3.8) is 0 Å². The Morgan fingerprint density at radius 1 is 1.44 bits per heavy atom. The molecule has 0 unspecified atom stereocenters. The standard InChI is InChI=1S/C11H13N5O2/c1-7-3-10(16(17)18)6-13-11(7)12-4-9-5-14-15-8(9)2/h3,5-6H,4H2,1-2H3,(H,12,13)(H,14,15). The summed E-state index contributed by atoms with van der Waals surface area (Å²) in [6, 6.07) is 1.50. The van der Waals surface area contributed by atoms with Crippen LogP contribution in [-0.4, -0.2) is 20.1 Å². The predicted octanol–water partition coefficient (Wildman–Crippen LogP) is 1.94. The van der Waals surface area contributed by atoms with Gasteiger partial charge in [-0.3, -0.25) is 15.2 Å². The van der Waals surface area contributed by atoms with E-state index in [9.17, 15) is 10.1 Å². The van der Waals surface area contributed by atoms with Crippen LogP contribution in [0.15, 0.2) is 18.5 Å². The number of aryl methyl sites for hydroxylation is 2. The Kier molecular flexibility index (Phi) is 3.22. The number of nitrogens with zero attached hydrogens (tertiary/aromatic N) is 3. The van der Waals surface area contributed by atoms with Crippen LogP contribution in [0.2, 0.25) is 0 Å². The van der Waals surface area contributed by atoms with Crippen LogP contribution in [0.5, 0.6) is 0 Å². The summed E-state index contributed by atoms with van der Waals surface area (Å²) in [6.07, 6.45) is 2.99. The molecule has 7 nitrogen and oxygen atoms in total. The lowest BCUT2D eigenvalue weighted by Crippen LogP contribution is -2.04. The van der Waals surface area contributed by atoms with Crippen LogP contribution in [0.4, 0.5) is 11.5 Å². The van der Waals surface area contributed by atoms with E-state index in [4.69, 9.17) is 0 Å². The molecular formula is C11H13N5O2. The van der Waals surface area contributed by atoms with Crippen molar-refractivity contribution in [1.82, 2.24) is 15.2 Å². The van der Waals surface area contributed by atoms with Gasteiger partial charge >= 0.3 is 0 Å². The molecule has 0 aliphatic heterocycles. The molecule has 0 aliphatic carbocycles. The Hall–Kier alpha value is -2.44. The first-order valence-electron chi connectivity index (χ1n) is 5.41. The smallest absolute Gasteiger partial charge is 0.287 e. The van der Waals surface area contributed by atoms with Crippen LogP contribution in [0.25, 0.3) is 0 Å². The number of hydrogen-bond acceptors (Lipinski definition) is 5. The second-order valence-electron chi connectivity index (χ2n) is 3.99. The van der Waals surface area contributed by atoms with E-state index in [1.54, 1.807) is 13.1 Å². The molecule has 94 valence electrons. The lowest BCUT2D eigenvalue weighted by atomic mass is 10.2. The highest BCUT2D eigenvalue weighted by Gasteiger charge is 2.09. The molecule has 0 saturated carbocycles. The van der Waals surface area contributed by atoms with Crippen molar-refractivity contribution in [2.45, 2.75) is 20.4 Å². The Labute approximate surface area is 103 Å². The maximum Gasteiger partial charge on any atom is 0.287 e. The van der Waals surface area contributed by atoms with E-state index in [-0.39, 0.29) is 5.69 Å². The Morgan fingerprint density at radius 3 is 2.78 bits per heavy atom. The summed E-state index contributed by atoms with van der Waals surface area (Å²) in [4.78, 5) is 14.2. The topological polar surface area (TPSA) is 96.7 Å². The van der Waals surface area contributed by atoms with Gasteiger partial charge in [-0.1, -0.05) is 0 Å². The molecule has 0 aliphatic rings. The van der Waals surface area contributed by atoms with Gasteiger partial charge < -0.3 is 5.32 Å². The zero-order chi connectivity index (χ0) is 13.1. The Morgan fingerprint density at radius 2 is 2.22 bits per heavy atom. The fraction of sp³-hybridized carbons (Fsp3) is 0.273. The van der Waals surface area contributed by atoms with E-state index in [0.29, 0.717) is 12.4 Å². The molecule has 7 heteroatoms. The lowest BCUT2D eigenvalue weighted by molar-refractivity contribution is -0.385. The average molecular weight is 247 g/mol. The van der Waals surface area contributed by atoms with Gasteiger partial charge in [0.25, 0.3) is 5.69 Å². The quantitative estimate of drug-likeness (QED) is 0.635. The number of rotatable bonds is 4. The second-order valence-corrected chi connectivity index (χ2v) is 3.99. The summed E-state index contributed by atoms with van der Waals surface area (Å²) in [6.45, 7) is 4.29. The normalized spacial score (nSPS) is 10.3. The third kappa shape index (κ3) is 2.45. The summed E-state index contributed by atoms with van der Waals surface area (Å²) in [5.74, 6) is 0.640. The maximum atomic E-state index is 10.6. The van der Waals surface area contributed by atoms with Crippen LogP contribution < -0.4 is 5.32 Å². The van der Waals surface area contributed by atoms with Gasteiger partial charge in [0.2, 0.25) is 0 Å². The molecule has 0 aromatic carbocycles. The van der Waals surface area contributed by atoms with Crippen molar-refractivity contribution in [2.24, 2.45) is 0 Å². The molecule has 2 N–H and O–H groups in total. The Bertz CT molecular complexity index is 579. The first-order valence-corrected chi connectivity index (χ1v) is 5.41. The number of nitro groups is 1. The molecule has 2 aromatic rings. The van der Waals surface area contributed by atoms with Gasteiger partial charge in [0, 0.05) is 23.9 Å². The minimum Gasteiger partial charge on any atom is -0.366 e. The third-order valence-electron chi connectivity index (χ3n) is 2.66. The third-order valence-corrected chi connectivity index (χ3v) is 2.66. The van der Waals surface area contributed by atoms with Gasteiger partial charge in [0.05, 0.1) is 11.1 Å². The van der Waals surface area contributed by atoms with E-state index in [1.165, 1.54) is 12.3 Å². The van der Waals surface area contributed by atoms with Gasteiger partial charge in [0.1, 0.15) is 12.0 Å². The highest BCUT2D eigenvalue weighted by atomic mass is 16.6. The summed E-state index contributed by atoms with van der Waals surface area (Å²) >= 11 is 0. The first-order chi connectivity index (χ1) is 8.58. The number of aromatic nitrogens is 3. The summed E-state index contributed by atoms with van der Waals surface area (Å²) in [7, 11) is 0. The van der Waals surface area contributed by atoms with Crippen molar-refractivity contribution in [2.75, 3.05) is 5.32 Å². The fourth-order valence-corrected chi connectivity index (χ4v) is 1.58. The first kappa shape index (κ1) is 12.0. The minimum absolute atomic E-state index is 0.00228. The summed E-state index contributed by atoms with van der Waals surface area (Å²) < 4.78 is 0. The SMILES string of the molecule is Cc1cc([N+](=O)[O-])cnc1NCc1cn[nH]c1C. The number of hydrogen-bond donors (Lipinski definition) is 2. The summed E-state index contributed by atoms with van der Waals surface area (Å²) in [5.41, 5.74) is 2.76. The molecule has 2 aromatic heterocycles. The van der Waals surface area contributed by atoms with Crippen LogP contribution in [-0.2, 0) is 6.54 Å². The lowest BCUT2D eigenvalue weighted by Gasteiger charge is -2.07. The van der Waals surface area contributed by atoms with Gasteiger partial charge in [-0.05, 0) is 19.4 Å². The van der Waals surface area contributed by atoms with Crippen molar-refractivity contribution in [1.29, 1.82) is 0 Å². The zero-order valence-corrected chi connectivity index (χ0v) is 10.1. The summed E-state index contributed by atoms with van der Waals surface area (Å²) in [5, 5.41) is 20.5. The molecule has 2 heterocycles. The number of H-pyrrole nitrogens is 1. The monoisotopic (exact) mass is 247 g/mol. The van der Waals surface area contributed by atoms with E-state index in [1.807, 2.05) is 6.92 Å². The molecular weight excluding hydrogens is 234 g/mol. The molecule has 2 rings (SSSR count). The molecule has 0 fully saturated rings. The van der Waals surface area contributed by atoms with Crippen molar-refractivity contribution < 1.29 is 4.92 Å². The highest BCUT2D eigenvalue weighted by molar-refractivity contribution is 5.48. The molecule has 18 heavy (non-hydrogen) atoms. The zero-order valence-electron chi connectivity index (χ0n) is 10.1. The van der Waals surface area contributed by atoms with E-state index >= 15 is 0 Å². The number of pyridine rings is 1. The van der Waals surface area contributed by atoms with E-state index in [0.717, 1.165) is 16.8 Å². The van der Waals surface area contributed by atoms with Gasteiger partial charge in [-0.25, -0.2) is 4.98 Å². The van der Waals surface area contributed by atoms with Crippen molar-refractivity contribution in [3.8, 4) is 0 Å².